The molecule has 0 unspecified atom stereocenters. The summed E-state index contributed by atoms with van der Waals surface area (Å²) in [6.45, 7) is 0. The molecule has 2 aromatic heterocycles. The van der Waals surface area contributed by atoms with Crippen molar-refractivity contribution in [3.63, 3.8) is 0 Å². The molecule has 0 amide bonds. The van der Waals surface area contributed by atoms with Gasteiger partial charge in [0.15, 0.2) is 5.82 Å². The van der Waals surface area contributed by atoms with Gasteiger partial charge in [-0.2, -0.15) is 9.50 Å². The van der Waals surface area contributed by atoms with Crippen molar-refractivity contribution in [2.24, 2.45) is 0 Å². The molecule has 9 aromatic rings. The summed E-state index contributed by atoms with van der Waals surface area (Å²) in [5.41, 5.74) is 6.25. The van der Waals surface area contributed by atoms with Gasteiger partial charge in [0.1, 0.15) is 0 Å². The second-order valence-corrected chi connectivity index (χ2v) is 10.9. The van der Waals surface area contributed by atoms with Crippen LogP contribution in [0.15, 0.2) is 146 Å². The quantitative estimate of drug-likeness (QED) is 0.206. The van der Waals surface area contributed by atoms with Gasteiger partial charge < -0.3 is 0 Å². The first kappa shape index (κ1) is 23.8. The summed E-state index contributed by atoms with van der Waals surface area (Å²) in [6.07, 6.45) is 0. The van der Waals surface area contributed by atoms with Gasteiger partial charge in [-0.05, 0) is 55.6 Å². The van der Waals surface area contributed by atoms with Crippen molar-refractivity contribution < 1.29 is 0 Å². The Hall–Kier alpha value is -5.87. The van der Waals surface area contributed by atoms with Gasteiger partial charge in [-0.1, -0.05) is 133 Å². The van der Waals surface area contributed by atoms with Gasteiger partial charge >= 0.3 is 0 Å². The number of benzene rings is 7. The largest absolute Gasteiger partial charge is 0.253 e. The Labute approximate surface area is 247 Å². The van der Waals surface area contributed by atoms with E-state index in [4.69, 9.17) is 15.1 Å². The van der Waals surface area contributed by atoms with E-state index < -0.39 is 0 Å². The van der Waals surface area contributed by atoms with Crippen LogP contribution in [0, 0.1) is 0 Å². The van der Waals surface area contributed by atoms with Crippen LogP contribution in [0.1, 0.15) is 0 Å². The van der Waals surface area contributed by atoms with Crippen LogP contribution in [-0.4, -0.2) is 19.6 Å². The predicted octanol–water partition coefficient (Wildman–Crippen LogP) is 9.74. The van der Waals surface area contributed by atoms with Crippen LogP contribution in [-0.2, 0) is 0 Å². The Balaban J connectivity index is 1.15. The van der Waals surface area contributed by atoms with Crippen molar-refractivity contribution in [2.75, 3.05) is 0 Å². The van der Waals surface area contributed by atoms with E-state index in [1.165, 1.54) is 37.9 Å². The molecular formula is C39H24N4. The van der Waals surface area contributed by atoms with Crippen molar-refractivity contribution in [2.45, 2.75) is 0 Å². The molecule has 0 atom stereocenters. The van der Waals surface area contributed by atoms with Gasteiger partial charge in [0, 0.05) is 16.5 Å². The number of rotatable bonds is 3. The minimum Gasteiger partial charge on any atom is -0.210 e. The van der Waals surface area contributed by atoms with E-state index >= 15 is 0 Å². The minimum atomic E-state index is 0.588. The zero-order valence-corrected chi connectivity index (χ0v) is 23.1. The molecular weight excluding hydrogens is 524 g/mol. The average Bonchev–Trinajstić information content (AvgIpc) is 3.53. The Bertz CT molecular complexity index is 2460. The van der Waals surface area contributed by atoms with E-state index in [2.05, 4.69) is 115 Å². The van der Waals surface area contributed by atoms with E-state index in [1.807, 2.05) is 34.8 Å². The molecule has 0 aliphatic carbocycles. The Morgan fingerprint density at radius 3 is 1.60 bits per heavy atom. The van der Waals surface area contributed by atoms with Crippen LogP contribution in [0.25, 0.3) is 82.8 Å². The Morgan fingerprint density at radius 1 is 0.372 bits per heavy atom. The minimum absolute atomic E-state index is 0.588. The molecule has 0 radical (unpaired) electrons. The molecule has 0 saturated heterocycles. The van der Waals surface area contributed by atoms with Crippen molar-refractivity contribution in [3.05, 3.63) is 146 Å². The highest BCUT2D eigenvalue weighted by Gasteiger charge is 2.15. The van der Waals surface area contributed by atoms with Crippen LogP contribution >= 0.6 is 0 Å². The number of aromatic nitrogens is 4. The maximum atomic E-state index is 4.95. The molecule has 4 heteroatoms. The van der Waals surface area contributed by atoms with Gasteiger partial charge in [0.25, 0.3) is 5.78 Å². The highest BCUT2D eigenvalue weighted by atomic mass is 15.3. The Morgan fingerprint density at radius 2 is 0.907 bits per heavy atom. The zero-order valence-electron chi connectivity index (χ0n) is 23.1. The molecule has 0 spiro atoms. The van der Waals surface area contributed by atoms with Gasteiger partial charge in [-0.25, -0.2) is 4.98 Å². The third-order valence-electron chi connectivity index (χ3n) is 8.46. The molecule has 43 heavy (non-hydrogen) atoms. The fourth-order valence-corrected chi connectivity index (χ4v) is 6.39. The van der Waals surface area contributed by atoms with E-state index in [0.717, 1.165) is 33.3 Å². The van der Waals surface area contributed by atoms with Crippen LogP contribution in [0.2, 0.25) is 0 Å². The van der Waals surface area contributed by atoms with Gasteiger partial charge in [-0.15, -0.1) is 5.10 Å². The fraction of sp³-hybridized carbons (Fsp3) is 0. The summed E-state index contributed by atoms with van der Waals surface area (Å²) in [5, 5.41) is 13.6. The summed E-state index contributed by atoms with van der Waals surface area (Å²) in [4.78, 5) is 9.82. The van der Waals surface area contributed by atoms with Crippen molar-refractivity contribution in [1.29, 1.82) is 0 Å². The molecule has 2 heterocycles. The number of hydrogen-bond acceptors (Lipinski definition) is 3. The molecule has 0 N–H and O–H groups in total. The molecule has 0 aliphatic rings. The van der Waals surface area contributed by atoms with Gasteiger partial charge in [-0.3, -0.25) is 0 Å². The molecule has 7 aromatic carbocycles. The predicted molar refractivity (Wildman–Crippen MR) is 177 cm³/mol. The summed E-state index contributed by atoms with van der Waals surface area (Å²) in [7, 11) is 0. The number of nitrogens with zero attached hydrogens (tertiary/aromatic N) is 4. The highest BCUT2D eigenvalue weighted by Crippen LogP contribution is 2.37. The molecule has 0 fully saturated rings. The third kappa shape index (κ3) is 3.74. The lowest BCUT2D eigenvalue weighted by Gasteiger charge is -2.12. The first-order chi connectivity index (χ1) is 21.3. The smallest absolute Gasteiger partial charge is 0.210 e. The lowest BCUT2D eigenvalue weighted by Crippen LogP contribution is -1.97. The maximum absolute atomic E-state index is 4.95. The monoisotopic (exact) mass is 548 g/mol. The maximum Gasteiger partial charge on any atom is 0.253 e. The summed E-state index contributed by atoms with van der Waals surface area (Å²) in [5.74, 6) is 1.25. The number of para-hydroxylation sites is 1. The molecule has 0 aliphatic heterocycles. The van der Waals surface area contributed by atoms with E-state index in [0.29, 0.717) is 11.6 Å². The SMILES string of the molecule is c1ccc(-c2nc3nc(-c4ccc(-c5ccc6c7ccccc7c7ccccc7c6c5)cc4)nn3c3ccccc23)cc1. The Kier molecular flexibility index (Phi) is 5.16. The molecule has 200 valence electrons. The first-order valence-electron chi connectivity index (χ1n) is 14.5. The van der Waals surface area contributed by atoms with Crippen molar-refractivity contribution in [3.8, 4) is 33.8 Å². The average molecular weight is 549 g/mol. The second kappa shape index (κ2) is 9.33. The van der Waals surface area contributed by atoms with Crippen molar-refractivity contribution >= 4 is 49.0 Å². The molecule has 9 rings (SSSR count). The first-order valence-corrected chi connectivity index (χ1v) is 14.5. The van der Waals surface area contributed by atoms with Crippen molar-refractivity contribution in [1.82, 2.24) is 19.6 Å². The van der Waals surface area contributed by atoms with E-state index in [9.17, 15) is 0 Å². The lowest BCUT2D eigenvalue weighted by molar-refractivity contribution is 0.989. The standard InChI is InChI=1S/C39H24N4/c1-2-10-26(11-3-1)37-34-16-8-9-17-36(34)43-39(40-37)41-38(42-43)27-20-18-25(19-21-27)28-22-23-33-31-14-5-4-12-29(31)30-13-6-7-15-32(30)35(33)24-28/h1-24H. The van der Waals surface area contributed by atoms with Crippen LogP contribution in [0.4, 0.5) is 0 Å². The van der Waals surface area contributed by atoms with E-state index in [1.54, 1.807) is 0 Å². The number of hydrogen-bond donors (Lipinski definition) is 0. The third-order valence-corrected chi connectivity index (χ3v) is 8.46. The highest BCUT2D eigenvalue weighted by molar-refractivity contribution is 6.25. The fourth-order valence-electron chi connectivity index (χ4n) is 6.39. The zero-order chi connectivity index (χ0) is 28.3. The molecule has 4 nitrogen and oxygen atoms in total. The van der Waals surface area contributed by atoms with Gasteiger partial charge in [0.05, 0.1) is 11.2 Å². The van der Waals surface area contributed by atoms with E-state index in [-0.39, 0.29) is 0 Å². The number of fused-ring (bicyclic) bond motifs is 9. The van der Waals surface area contributed by atoms with Gasteiger partial charge in [0.2, 0.25) is 0 Å². The van der Waals surface area contributed by atoms with Crippen LogP contribution in [0.3, 0.4) is 0 Å². The summed E-state index contributed by atoms with van der Waals surface area (Å²) in [6, 6.07) is 51.2. The van der Waals surface area contributed by atoms with Crippen LogP contribution < -0.4 is 0 Å². The summed E-state index contributed by atoms with van der Waals surface area (Å²) >= 11 is 0. The second-order valence-electron chi connectivity index (χ2n) is 10.9. The normalized spacial score (nSPS) is 11.7. The topological polar surface area (TPSA) is 43.1 Å². The lowest BCUT2D eigenvalue weighted by atomic mass is 9.92. The molecule has 0 saturated carbocycles. The van der Waals surface area contributed by atoms with Crippen LogP contribution in [0.5, 0.6) is 0 Å². The summed E-state index contributed by atoms with van der Waals surface area (Å²) < 4.78 is 1.85. The molecule has 0 bridgehead atoms.